The normalized spacial score (nSPS) is 15.7. The summed E-state index contributed by atoms with van der Waals surface area (Å²) in [5, 5.41) is 5.63. The summed E-state index contributed by atoms with van der Waals surface area (Å²) in [6.45, 7) is 2.60. The van der Waals surface area contributed by atoms with Crippen molar-refractivity contribution in [3.63, 3.8) is 0 Å². The predicted octanol–water partition coefficient (Wildman–Crippen LogP) is 2.69. The number of hydrogen-bond donors (Lipinski definition) is 2. The Morgan fingerprint density at radius 1 is 1.26 bits per heavy atom. The maximum Gasteiger partial charge on any atom is 0.240 e. The first-order valence-electron chi connectivity index (χ1n) is 6.44. The third-order valence-corrected chi connectivity index (χ3v) is 3.97. The first kappa shape index (κ1) is 14.1. The summed E-state index contributed by atoms with van der Waals surface area (Å²) in [6, 6.07) is 7.38. The van der Waals surface area contributed by atoms with Crippen LogP contribution in [0, 0.1) is 5.41 Å². The summed E-state index contributed by atoms with van der Waals surface area (Å²) >= 11 is 3.38. The average molecular weight is 325 g/mol. The molecule has 0 aliphatic heterocycles. The first-order valence-corrected chi connectivity index (χ1v) is 7.24. The number of rotatable bonds is 5. The number of para-hydroxylation sites is 1. The van der Waals surface area contributed by atoms with Crippen LogP contribution in [-0.4, -0.2) is 18.4 Å². The van der Waals surface area contributed by atoms with Gasteiger partial charge in [0.25, 0.3) is 0 Å². The zero-order valence-corrected chi connectivity index (χ0v) is 12.4. The molecule has 102 valence electrons. The van der Waals surface area contributed by atoms with Crippen molar-refractivity contribution < 1.29 is 9.59 Å². The van der Waals surface area contributed by atoms with Crippen molar-refractivity contribution in [3.8, 4) is 0 Å². The van der Waals surface area contributed by atoms with Gasteiger partial charge >= 0.3 is 0 Å². The fraction of sp³-hybridized carbons (Fsp3) is 0.429. The summed E-state index contributed by atoms with van der Waals surface area (Å²) in [6.07, 6.45) is 2.12. The Hall–Kier alpha value is -1.36. The van der Waals surface area contributed by atoms with E-state index in [4.69, 9.17) is 0 Å². The highest BCUT2D eigenvalue weighted by atomic mass is 79.9. The molecule has 0 saturated heterocycles. The molecule has 2 amide bonds. The standard InChI is InChI=1S/C14H17BrN2O2/c1-2-9-16-12(18)14(7-8-14)13(19)17-11-6-4-3-5-10(11)15/h3-6H,2,7-9H2,1H3,(H,16,18)(H,17,19). The molecule has 0 atom stereocenters. The summed E-state index contributed by atoms with van der Waals surface area (Å²) in [4.78, 5) is 24.3. The third kappa shape index (κ3) is 2.97. The van der Waals surface area contributed by atoms with Gasteiger partial charge in [-0.05, 0) is 47.3 Å². The Morgan fingerprint density at radius 3 is 2.53 bits per heavy atom. The minimum atomic E-state index is -0.857. The van der Waals surface area contributed by atoms with Crippen LogP contribution in [0.2, 0.25) is 0 Å². The van der Waals surface area contributed by atoms with Crippen molar-refractivity contribution in [2.45, 2.75) is 26.2 Å². The maximum absolute atomic E-state index is 12.3. The van der Waals surface area contributed by atoms with Gasteiger partial charge in [-0.25, -0.2) is 0 Å². The second kappa shape index (κ2) is 5.74. The van der Waals surface area contributed by atoms with Crippen LogP contribution in [-0.2, 0) is 9.59 Å². The lowest BCUT2D eigenvalue weighted by atomic mass is 10.0. The Kier molecular flexibility index (Phi) is 4.24. The van der Waals surface area contributed by atoms with E-state index in [1.54, 1.807) is 0 Å². The number of amides is 2. The number of hydrogen-bond acceptors (Lipinski definition) is 2. The second-order valence-electron chi connectivity index (χ2n) is 4.77. The summed E-state index contributed by atoms with van der Waals surface area (Å²) in [7, 11) is 0. The fourth-order valence-corrected chi connectivity index (χ4v) is 2.28. The molecule has 1 aliphatic carbocycles. The smallest absolute Gasteiger partial charge is 0.240 e. The SMILES string of the molecule is CCCNC(=O)C1(C(=O)Nc2ccccc2Br)CC1. The highest BCUT2D eigenvalue weighted by Gasteiger charge is 2.56. The average Bonchev–Trinajstić information content (AvgIpc) is 3.20. The van der Waals surface area contributed by atoms with E-state index < -0.39 is 5.41 Å². The topological polar surface area (TPSA) is 58.2 Å². The second-order valence-corrected chi connectivity index (χ2v) is 5.63. The van der Waals surface area contributed by atoms with E-state index in [1.807, 2.05) is 31.2 Å². The van der Waals surface area contributed by atoms with Crippen LogP contribution in [0.3, 0.4) is 0 Å². The van der Waals surface area contributed by atoms with Crippen molar-refractivity contribution in [3.05, 3.63) is 28.7 Å². The van der Waals surface area contributed by atoms with Crippen LogP contribution in [0.5, 0.6) is 0 Å². The Bertz CT molecular complexity index is 498. The molecule has 0 aromatic heterocycles. The summed E-state index contributed by atoms with van der Waals surface area (Å²) in [5.74, 6) is -0.369. The molecule has 1 saturated carbocycles. The minimum absolute atomic E-state index is 0.154. The van der Waals surface area contributed by atoms with Crippen molar-refractivity contribution in [2.75, 3.05) is 11.9 Å². The van der Waals surface area contributed by atoms with Gasteiger partial charge in [0.1, 0.15) is 5.41 Å². The molecule has 4 nitrogen and oxygen atoms in total. The number of carbonyl (C=O) groups is 2. The predicted molar refractivity (Wildman–Crippen MR) is 77.7 cm³/mol. The van der Waals surface area contributed by atoms with E-state index in [1.165, 1.54) is 0 Å². The molecule has 1 aromatic rings. The van der Waals surface area contributed by atoms with Crippen LogP contribution in [0.15, 0.2) is 28.7 Å². The number of halogens is 1. The zero-order valence-electron chi connectivity index (χ0n) is 10.8. The van der Waals surface area contributed by atoms with Crippen molar-refractivity contribution in [2.24, 2.45) is 5.41 Å². The number of nitrogens with one attached hydrogen (secondary N) is 2. The van der Waals surface area contributed by atoms with E-state index in [9.17, 15) is 9.59 Å². The lowest BCUT2D eigenvalue weighted by molar-refractivity contribution is -0.134. The fourth-order valence-electron chi connectivity index (χ4n) is 1.89. The quantitative estimate of drug-likeness (QED) is 0.818. The molecule has 1 fully saturated rings. The van der Waals surface area contributed by atoms with Crippen LogP contribution >= 0.6 is 15.9 Å². The molecule has 2 rings (SSSR count). The van der Waals surface area contributed by atoms with Gasteiger partial charge < -0.3 is 10.6 Å². The van der Waals surface area contributed by atoms with Crippen LogP contribution in [0.25, 0.3) is 0 Å². The van der Waals surface area contributed by atoms with Gasteiger partial charge in [0.05, 0.1) is 5.69 Å². The summed E-state index contributed by atoms with van der Waals surface area (Å²) < 4.78 is 0.813. The first-order chi connectivity index (χ1) is 9.10. The van der Waals surface area contributed by atoms with Gasteiger partial charge in [-0.15, -0.1) is 0 Å². The molecular formula is C14H17BrN2O2. The minimum Gasteiger partial charge on any atom is -0.355 e. The monoisotopic (exact) mass is 324 g/mol. The van der Waals surface area contributed by atoms with Crippen LogP contribution < -0.4 is 10.6 Å². The van der Waals surface area contributed by atoms with Crippen molar-refractivity contribution >= 4 is 33.4 Å². The molecule has 2 N–H and O–H groups in total. The molecule has 1 aliphatic rings. The van der Waals surface area contributed by atoms with E-state index in [0.717, 1.165) is 10.9 Å². The van der Waals surface area contributed by atoms with Gasteiger partial charge in [0.2, 0.25) is 11.8 Å². The Labute approximate surface area is 121 Å². The lowest BCUT2D eigenvalue weighted by Crippen LogP contribution is -2.40. The van der Waals surface area contributed by atoms with Crippen LogP contribution in [0.1, 0.15) is 26.2 Å². The Balaban J connectivity index is 2.04. The number of carbonyl (C=O) groups excluding carboxylic acids is 2. The molecule has 5 heteroatoms. The van der Waals surface area contributed by atoms with E-state index in [-0.39, 0.29) is 11.8 Å². The highest BCUT2D eigenvalue weighted by Crippen LogP contribution is 2.47. The molecule has 0 unspecified atom stereocenters. The lowest BCUT2D eigenvalue weighted by Gasteiger charge is -2.15. The number of benzene rings is 1. The van der Waals surface area contributed by atoms with Gasteiger partial charge in [-0.1, -0.05) is 19.1 Å². The van der Waals surface area contributed by atoms with Crippen molar-refractivity contribution in [1.82, 2.24) is 5.32 Å². The van der Waals surface area contributed by atoms with E-state index >= 15 is 0 Å². The Morgan fingerprint density at radius 2 is 1.95 bits per heavy atom. The van der Waals surface area contributed by atoms with E-state index in [0.29, 0.717) is 25.1 Å². The van der Waals surface area contributed by atoms with E-state index in [2.05, 4.69) is 26.6 Å². The molecule has 0 radical (unpaired) electrons. The van der Waals surface area contributed by atoms with Gasteiger partial charge in [-0.3, -0.25) is 9.59 Å². The number of anilines is 1. The molecule has 19 heavy (non-hydrogen) atoms. The van der Waals surface area contributed by atoms with Gasteiger partial charge in [0.15, 0.2) is 0 Å². The molecular weight excluding hydrogens is 308 g/mol. The molecule has 1 aromatic carbocycles. The van der Waals surface area contributed by atoms with Crippen LogP contribution in [0.4, 0.5) is 5.69 Å². The van der Waals surface area contributed by atoms with Crippen molar-refractivity contribution in [1.29, 1.82) is 0 Å². The highest BCUT2D eigenvalue weighted by molar-refractivity contribution is 9.10. The summed E-state index contributed by atoms with van der Waals surface area (Å²) in [5.41, 5.74) is -0.160. The third-order valence-electron chi connectivity index (χ3n) is 3.28. The molecule has 0 heterocycles. The maximum atomic E-state index is 12.3. The van der Waals surface area contributed by atoms with Gasteiger partial charge in [0, 0.05) is 11.0 Å². The largest absolute Gasteiger partial charge is 0.355 e. The molecule has 0 bridgehead atoms. The zero-order chi connectivity index (χ0) is 13.9. The van der Waals surface area contributed by atoms with Gasteiger partial charge in [-0.2, -0.15) is 0 Å². The molecule has 0 spiro atoms.